The number of benzene rings is 1. The molecule has 0 fully saturated rings. The Morgan fingerprint density at radius 1 is 1.14 bits per heavy atom. The Morgan fingerprint density at radius 3 is 2.51 bits per heavy atom. The normalized spacial score (nSPS) is 11.6. The van der Waals surface area contributed by atoms with Crippen LogP contribution in [0.1, 0.15) is 32.8 Å². The van der Waals surface area contributed by atoms with Crippen LogP contribution in [-0.4, -0.2) is 50.9 Å². The largest absolute Gasteiger partial charge is 0.493 e. The number of carbonyl (C=O) groups is 1. The molecule has 0 spiro atoms. The van der Waals surface area contributed by atoms with Crippen molar-refractivity contribution in [3.05, 3.63) is 65.6 Å². The summed E-state index contributed by atoms with van der Waals surface area (Å²) in [6, 6.07) is 10.8. The first-order valence-electron chi connectivity index (χ1n) is 11.3. The lowest BCUT2D eigenvalue weighted by atomic mass is 10.1. The molecule has 0 bridgehead atoms. The van der Waals surface area contributed by atoms with Crippen LogP contribution in [0.4, 0.5) is 19.0 Å². The lowest BCUT2D eigenvalue weighted by Crippen LogP contribution is -2.34. The summed E-state index contributed by atoms with van der Waals surface area (Å²) in [6.45, 7) is 5.03. The smallest absolute Gasteiger partial charge is 0.281 e. The molecular weight excluding hydrogens is 509 g/mol. The molecule has 37 heavy (non-hydrogen) atoms. The average Bonchev–Trinajstić information content (AvgIpc) is 2.81. The Labute approximate surface area is 216 Å². The fourth-order valence-electron chi connectivity index (χ4n) is 3.32. The minimum absolute atomic E-state index is 0. The number of hydrogen-bond acceptors (Lipinski definition) is 7. The fraction of sp³-hybridized carbons (Fsp3) is 0.320. The number of aromatic nitrogens is 2. The molecule has 8 nitrogen and oxygen atoms in total. The number of carbonyl (C=O) groups excluding carboxylic acids is 1. The summed E-state index contributed by atoms with van der Waals surface area (Å²) in [5, 5.41) is -0.374. The molecule has 0 saturated carbocycles. The number of hydrogen-bond donors (Lipinski definition) is 1. The molecule has 0 aliphatic rings. The molecule has 1 aromatic carbocycles. The zero-order valence-electron chi connectivity index (χ0n) is 20.7. The number of nitrogens with one attached hydrogen (secondary N) is 1. The van der Waals surface area contributed by atoms with E-state index in [2.05, 4.69) is 9.97 Å². The van der Waals surface area contributed by atoms with Crippen LogP contribution in [0.15, 0.2) is 53.6 Å². The molecule has 0 aliphatic heterocycles. The summed E-state index contributed by atoms with van der Waals surface area (Å²) < 4.78 is 73.5. The molecule has 0 radical (unpaired) electrons. The number of ether oxygens (including phenoxy) is 1. The van der Waals surface area contributed by atoms with Gasteiger partial charge >= 0.3 is 0 Å². The monoisotopic (exact) mass is 540 g/mol. The van der Waals surface area contributed by atoms with Crippen molar-refractivity contribution < 1.29 is 34.0 Å². The summed E-state index contributed by atoms with van der Waals surface area (Å²) in [5.41, 5.74) is 0.611. The lowest BCUT2D eigenvalue weighted by molar-refractivity contribution is 0.0980. The molecule has 0 unspecified atom stereocenters. The van der Waals surface area contributed by atoms with Gasteiger partial charge in [0.05, 0.1) is 24.4 Å². The molecule has 1 amide bonds. The number of rotatable bonds is 10. The Hall–Kier alpha value is -3.67. The number of amides is 1. The number of sulfonamides is 1. The number of pyridine rings is 2. The van der Waals surface area contributed by atoms with Crippen molar-refractivity contribution in [1.29, 1.82) is 0 Å². The van der Waals surface area contributed by atoms with Crippen LogP contribution in [-0.2, 0) is 10.0 Å². The first-order chi connectivity index (χ1) is 17.4. The maximum Gasteiger partial charge on any atom is 0.281 e. The quantitative estimate of drug-likeness (QED) is 0.389. The van der Waals surface area contributed by atoms with Crippen LogP contribution < -0.4 is 14.4 Å². The van der Waals surface area contributed by atoms with Crippen molar-refractivity contribution in [2.75, 3.05) is 25.1 Å². The first kappa shape index (κ1) is 27.9. The van der Waals surface area contributed by atoms with Gasteiger partial charge in [0.1, 0.15) is 17.4 Å². The van der Waals surface area contributed by atoms with Gasteiger partial charge in [-0.2, -0.15) is 8.42 Å². The van der Waals surface area contributed by atoms with Crippen LogP contribution in [0.3, 0.4) is 0 Å². The standard InChI is InChI=1S/C25H27F3N4O4S.2H2/c1-15(2)14-36-19-11-17(10-18(26)12-19)21-9-8-20(24(30-21)32(4)13-22(27)28)25(33)31-37(34,35)23-7-5-6-16(3)29-23;;/h5-12,15,22H,13-14H2,1-4H3,(H,31,33);2*1H. The van der Waals surface area contributed by atoms with Crippen LogP contribution in [0.25, 0.3) is 11.3 Å². The number of halogens is 3. The number of anilines is 1. The highest BCUT2D eigenvalue weighted by Crippen LogP contribution is 2.28. The summed E-state index contributed by atoms with van der Waals surface area (Å²) in [6.07, 6.45) is -2.77. The van der Waals surface area contributed by atoms with Gasteiger partial charge in [0.25, 0.3) is 22.4 Å². The Morgan fingerprint density at radius 2 is 1.86 bits per heavy atom. The summed E-state index contributed by atoms with van der Waals surface area (Å²) >= 11 is 0. The van der Waals surface area contributed by atoms with Crippen molar-refractivity contribution in [3.8, 4) is 17.0 Å². The molecule has 0 atom stereocenters. The molecule has 2 heterocycles. The Kier molecular flexibility index (Phi) is 8.74. The van der Waals surface area contributed by atoms with Crippen LogP contribution in [0, 0.1) is 18.7 Å². The van der Waals surface area contributed by atoms with E-state index in [9.17, 15) is 26.4 Å². The zero-order valence-corrected chi connectivity index (χ0v) is 21.5. The van der Waals surface area contributed by atoms with Gasteiger partial charge in [-0.25, -0.2) is 27.9 Å². The Balaban J connectivity index is 0.00000380. The maximum absolute atomic E-state index is 14.3. The van der Waals surface area contributed by atoms with E-state index >= 15 is 0 Å². The third-order valence-corrected chi connectivity index (χ3v) is 6.24. The van der Waals surface area contributed by atoms with Gasteiger partial charge in [-0.05, 0) is 49.2 Å². The molecule has 3 aromatic rings. The highest BCUT2D eigenvalue weighted by atomic mass is 32.2. The summed E-state index contributed by atoms with van der Waals surface area (Å²) in [4.78, 5) is 22.2. The van der Waals surface area contributed by atoms with Gasteiger partial charge in [-0.15, -0.1) is 0 Å². The molecule has 0 saturated heterocycles. The summed E-state index contributed by atoms with van der Waals surface area (Å²) in [7, 11) is -3.07. The van der Waals surface area contributed by atoms with E-state index in [0.717, 1.165) is 4.90 Å². The van der Waals surface area contributed by atoms with Gasteiger partial charge in [-0.3, -0.25) is 4.79 Å². The molecule has 0 aliphatic carbocycles. The fourth-order valence-corrected chi connectivity index (χ4v) is 4.31. The van der Waals surface area contributed by atoms with E-state index in [1.807, 2.05) is 18.6 Å². The third kappa shape index (κ3) is 7.42. The van der Waals surface area contributed by atoms with Gasteiger partial charge in [-0.1, -0.05) is 19.9 Å². The Bertz CT molecular complexity index is 1400. The molecule has 3 rings (SSSR count). The molecule has 202 valence electrons. The van der Waals surface area contributed by atoms with E-state index in [1.165, 1.54) is 49.5 Å². The van der Waals surface area contributed by atoms with Gasteiger partial charge in [0, 0.05) is 27.2 Å². The van der Waals surface area contributed by atoms with Crippen LogP contribution in [0.5, 0.6) is 5.75 Å². The SMILES string of the molecule is Cc1cccc(S(=O)(=O)NC(=O)c2ccc(-c3cc(F)cc(OCC(C)C)c3)nc2N(C)CC(F)F)n1.[HH].[HH]. The average molecular weight is 541 g/mol. The predicted octanol–water partition coefficient (Wildman–Crippen LogP) is 4.94. The van der Waals surface area contributed by atoms with Crippen LogP contribution in [0.2, 0.25) is 0 Å². The van der Waals surface area contributed by atoms with Crippen molar-refractivity contribution in [1.82, 2.24) is 14.7 Å². The van der Waals surface area contributed by atoms with E-state index in [0.29, 0.717) is 12.3 Å². The minimum Gasteiger partial charge on any atom is -0.493 e. The van der Waals surface area contributed by atoms with Gasteiger partial charge < -0.3 is 9.64 Å². The molecule has 2 aromatic heterocycles. The third-order valence-electron chi connectivity index (χ3n) is 5.01. The highest BCUT2D eigenvalue weighted by molar-refractivity contribution is 7.90. The predicted molar refractivity (Wildman–Crippen MR) is 137 cm³/mol. The number of aryl methyl sites for hydroxylation is 1. The maximum atomic E-state index is 14.3. The van der Waals surface area contributed by atoms with E-state index in [4.69, 9.17) is 4.74 Å². The van der Waals surface area contributed by atoms with Crippen molar-refractivity contribution in [3.63, 3.8) is 0 Å². The van der Waals surface area contributed by atoms with E-state index < -0.39 is 34.7 Å². The second-order valence-corrected chi connectivity index (χ2v) is 10.4. The van der Waals surface area contributed by atoms with Crippen molar-refractivity contribution in [2.45, 2.75) is 32.2 Å². The topological polar surface area (TPSA) is 101 Å². The number of nitrogens with zero attached hydrogens (tertiary/aromatic N) is 3. The van der Waals surface area contributed by atoms with Crippen molar-refractivity contribution in [2.24, 2.45) is 5.92 Å². The van der Waals surface area contributed by atoms with Crippen LogP contribution >= 0.6 is 0 Å². The second kappa shape index (κ2) is 11.6. The lowest BCUT2D eigenvalue weighted by Gasteiger charge is -2.21. The van der Waals surface area contributed by atoms with Crippen molar-refractivity contribution >= 4 is 21.7 Å². The summed E-state index contributed by atoms with van der Waals surface area (Å²) in [5.74, 6) is -1.44. The minimum atomic E-state index is -4.35. The molecule has 1 N–H and O–H groups in total. The highest BCUT2D eigenvalue weighted by Gasteiger charge is 2.25. The second-order valence-electron chi connectivity index (χ2n) is 8.77. The number of alkyl halides is 2. The van der Waals surface area contributed by atoms with Gasteiger partial charge in [0.2, 0.25) is 0 Å². The van der Waals surface area contributed by atoms with Gasteiger partial charge in [0.15, 0.2) is 5.03 Å². The molecule has 12 heteroatoms. The van der Waals surface area contributed by atoms with E-state index in [1.54, 1.807) is 13.0 Å². The van der Waals surface area contributed by atoms with E-state index in [-0.39, 0.29) is 42.2 Å². The first-order valence-corrected chi connectivity index (χ1v) is 12.8. The molecular formula is C25H31F3N4O4S. The zero-order chi connectivity index (χ0) is 27.3.